The summed E-state index contributed by atoms with van der Waals surface area (Å²) in [4.78, 5) is 32.9. The van der Waals surface area contributed by atoms with Crippen LogP contribution in [-0.4, -0.2) is 21.9 Å². The van der Waals surface area contributed by atoms with Gasteiger partial charge in [-0.2, -0.15) is 0 Å². The minimum Gasteiger partial charge on any atom is -0.478 e. The normalized spacial score (nSPS) is 13.3. The average molecular weight is 263 g/mol. The topological polar surface area (TPSA) is 122 Å². The number of carbonyl (C=O) groups excluding carboxylic acids is 1. The van der Waals surface area contributed by atoms with Crippen LogP contribution in [0.4, 0.5) is 17.1 Å². The van der Waals surface area contributed by atoms with Crippen molar-refractivity contribution in [2.24, 2.45) is 0 Å². The van der Waals surface area contributed by atoms with Gasteiger partial charge in [0.2, 0.25) is 0 Å². The number of carbonyl (C=O) groups is 2. The van der Waals surface area contributed by atoms with Gasteiger partial charge in [0.05, 0.1) is 27.6 Å². The van der Waals surface area contributed by atoms with Crippen molar-refractivity contribution in [1.82, 2.24) is 0 Å². The Morgan fingerprint density at radius 3 is 2.63 bits per heavy atom. The van der Waals surface area contributed by atoms with Crippen LogP contribution in [-0.2, 0) is 4.79 Å². The van der Waals surface area contributed by atoms with Crippen LogP contribution in [0.1, 0.15) is 15.9 Å². The van der Waals surface area contributed by atoms with E-state index < -0.39 is 16.8 Å². The zero-order valence-corrected chi connectivity index (χ0v) is 9.81. The lowest BCUT2D eigenvalue weighted by molar-refractivity contribution is -0.385. The lowest BCUT2D eigenvalue weighted by Crippen LogP contribution is -2.27. The summed E-state index contributed by atoms with van der Waals surface area (Å²) in [5.41, 5.74) is -0.537. The van der Waals surface area contributed by atoms with E-state index in [1.54, 1.807) is 0 Å². The number of amides is 1. The molecule has 0 saturated carbocycles. The first-order chi connectivity index (χ1) is 8.82. The number of nitro benzene ring substituents is 1. The summed E-state index contributed by atoms with van der Waals surface area (Å²) in [6, 6.07) is 1.17. The number of nitrogens with zero attached hydrogens (tertiary/aromatic N) is 1. The summed E-state index contributed by atoms with van der Waals surface area (Å²) in [5.74, 6) is -1.93. The number of nitro groups is 1. The molecule has 0 radical (unpaired) electrons. The summed E-state index contributed by atoms with van der Waals surface area (Å²) in [6.45, 7) is 4.74. The van der Waals surface area contributed by atoms with Crippen molar-refractivity contribution in [3.05, 3.63) is 39.6 Å². The van der Waals surface area contributed by atoms with Gasteiger partial charge in [0.15, 0.2) is 0 Å². The van der Waals surface area contributed by atoms with Gasteiger partial charge in [-0.15, -0.1) is 0 Å². The number of rotatable bonds is 2. The molecule has 1 heterocycles. The molecule has 8 heteroatoms. The molecule has 2 rings (SSSR count). The van der Waals surface area contributed by atoms with E-state index in [4.69, 9.17) is 5.11 Å². The molecular weight excluding hydrogens is 254 g/mol. The molecule has 0 bridgehead atoms. The van der Waals surface area contributed by atoms with Gasteiger partial charge in [-0.3, -0.25) is 14.9 Å². The van der Waals surface area contributed by atoms with Crippen molar-refractivity contribution >= 4 is 28.9 Å². The first-order valence-electron chi connectivity index (χ1n) is 5.15. The van der Waals surface area contributed by atoms with E-state index in [9.17, 15) is 19.7 Å². The van der Waals surface area contributed by atoms with E-state index in [1.165, 1.54) is 13.0 Å². The van der Waals surface area contributed by atoms with Gasteiger partial charge in [0.1, 0.15) is 0 Å². The zero-order chi connectivity index (χ0) is 14.3. The molecule has 0 fully saturated rings. The Labute approximate surface area is 106 Å². The summed E-state index contributed by atoms with van der Waals surface area (Å²) in [6.07, 6.45) is 0. The van der Waals surface area contributed by atoms with Crippen molar-refractivity contribution < 1.29 is 19.6 Å². The monoisotopic (exact) mass is 263 g/mol. The number of carboxylic acids is 1. The van der Waals surface area contributed by atoms with Crippen LogP contribution >= 0.6 is 0 Å². The predicted octanol–water partition coefficient (Wildman–Crippen LogP) is 1.48. The molecule has 19 heavy (non-hydrogen) atoms. The summed E-state index contributed by atoms with van der Waals surface area (Å²) in [5, 5.41) is 25.0. The van der Waals surface area contributed by atoms with Crippen LogP contribution in [0.15, 0.2) is 18.3 Å². The average Bonchev–Trinajstić information content (AvgIpc) is 2.29. The number of fused-ring (bicyclic) bond motifs is 1. The zero-order valence-electron chi connectivity index (χ0n) is 9.81. The third-order valence-electron chi connectivity index (χ3n) is 2.77. The molecule has 0 aliphatic carbocycles. The first-order valence-corrected chi connectivity index (χ1v) is 5.15. The summed E-state index contributed by atoms with van der Waals surface area (Å²) < 4.78 is 0. The van der Waals surface area contributed by atoms with Gasteiger partial charge in [-0.1, -0.05) is 6.58 Å². The Bertz CT molecular complexity index is 650. The van der Waals surface area contributed by atoms with Gasteiger partial charge in [0, 0.05) is 11.6 Å². The standard InChI is InChI=1S/C11H9N3O5/c1-4-7(14(18)19)3-6-9(8(4)11(16)17)13-10(15)5(2)12-6/h3,12H,2H2,1H3,(H,13,15)(H,16,17). The molecule has 0 spiro atoms. The third kappa shape index (κ3) is 1.88. The molecule has 0 atom stereocenters. The number of anilines is 2. The van der Waals surface area contributed by atoms with E-state index in [0.717, 1.165) is 0 Å². The Hall–Kier alpha value is -2.90. The van der Waals surface area contributed by atoms with E-state index in [-0.39, 0.29) is 33.9 Å². The predicted molar refractivity (Wildman–Crippen MR) is 66.2 cm³/mol. The van der Waals surface area contributed by atoms with Crippen LogP contribution < -0.4 is 10.6 Å². The molecule has 0 aromatic heterocycles. The smallest absolute Gasteiger partial charge is 0.338 e. The minimum absolute atomic E-state index is 0.00741. The fourth-order valence-electron chi connectivity index (χ4n) is 1.86. The molecule has 0 unspecified atom stereocenters. The SMILES string of the molecule is C=C1Nc2cc([N+](=O)[O-])c(C)c(C(=O)O)c2NC1=O. The molecule has 3 N–H and O–H groups in total. The molecule has 98 valence electrons. The van der Waals surface area contributed by atoms with Crippen molar-refractivity contribution in [1.29, 1.82) is 0 Å². The lowest BCUT2D eigenvalue weighted by atomic mass is 10.0. The maximum absolute atomic E-state index is 11.5. The maximum Gasteiger partial charge on any atom is 0.338 e. The number of hydrogen-bond acceptors (Lipinski definition) is 5. The molecular formula is C11H9N3O5. The molecule has 0 saturated heterocycles. The van der Waals surface area contributed by atoms with E-state index >= 15 is 0 Å². The van der Waals surface area contributed by atoms with Crippen molar-refractivity contribution in [2.75, 3.05) is 10.6 Å². The number of hydrogen-bond donors (Lipinski definition) is 3. The fraction of sp³-hybridized carbons (Fsp3) is 0.0909. The van der Waals surface area contributed by atoms with E-state index in [0.29, 0.717) is 0 Å². The molecule has 1 aliphatic rings. The highest BCUT2D eigenvalue weighted by Gasteiger charge is 2.30. The molecule has 1 amide bonds. The molecule has 1 aromatic carbocycles. The van der Waals surface area contributed by atoms with Gasteiger partial charge in [-0.05, 0) is 6.92 Å². The third-order valence-corrected chi connectivity index (χ3v) is 2.77. The minimum atomic E-state index is -1.35. The van der Waals surface area contributed by atoms with Gasteiger partial charge >= 0.3 is 5.97 Å². The quantitative estimate of drug-likeness (QED) is 0.422. The Balaban J connectivity index is 2.78. The lowest BCUT2D eigenvalue weighted by Gasteiger charge is -2.22. The fourth-order valence-corrected chi connectivity index (χ4v) is 1.86. The van der Waals surface area contributed by atoms with Crippen LogP contribution in [0.25, 0.3) is 0 Å². The molecule has 1 aliphatic heterocycles. The Kier molecular flexibility index (Phi) is 2.70. The van der Waals surface area contributed by atoms with Crippen LogP contribution in [0.5, 0.6) is 0 Å². The number of aromatic carboxylic acids is 1. The second kappa shape index (κ2) is 4.09. The largest absolute Gasteiger partial charge is 0.478 e. The Morgan fingerprint density at radius 1 is 1.47 bits per heavy atom. The van der Waals surface area contributed by atoms with Gasteiger partial charge < -0.3 is 15.7 Å². The number of carboxylic acid groups (broad SMARTS) is 1. The van der Waals surface area contributed by atoms with Crippen LogP contribution in [0.3, 0.4) is 0 Å². The molecule has 1 aromatic rings. The van der Waals surface area contributed by atoms with E-state index in [2.05, 4.69) is 17.2 Å². The van der Waals surface area contributed by atoms with Crippen LogP contribution in [0.2, 0.25) is 0 Å². The second-order valence-corrected chi connectivity index (χ2v) is 3.94. The second-order valence-electron chi connectivity index (χ2n) is 3.94. The number of nitrogens with one attached hydrogen (secondary N) is 2. The molecule has 8 nitrogen and oxygen atoms in total. The number of benzene rings is 1. The summed E-state index contributed by atoms with van der Waals surface area (Å²) in [7, 11) is 0. The van der Waals surface area contributed by atoms with Crippen molar-refractivity contribution in [3.63, 3.8) is 0 Å². The van der Waals surface area contributed by atoms with Gasteiger partial charge in [-0.25, -0.2) is 4.79 Å². The maximum atomic E-state index is 11.5. The van der Waals surface area contributed by atoms with Crippen LogP contribution in [0, 0.1) is 17.0 Å². The van der Waals surface area contributed by atoms with E-state index in [1.807, 2.05) is 0 Å². The van der Waals surface area contributed by atoms with Gasteiger partial charge in [0.25, 0.3) is 11.6 Å². The Morgan fingerprint density at radius 2 is 2.11 bits per heavy atom. The highest BCUT2D eigenvalue weighted by atomic mass is 16.6. The first kappa shape index (κ1) is 12.6. The summed E-state index contributed by atoms with van der Waals surface area (Å²) >= 11 is 0. The van der Waals surface area contributed by atoms with Crippen molar-refractivity contribution in [2.45, 2.75) is 6.92 Å². The highest BCUT2D eigenvalue weighted by molar-refractivity contribution is 6.15. The highest BCUT2D eigenvalue weighted by Crippen LogP contribution is 2.38. The van der Waals surface area contributed by atoms with Crippen molar-refractivity contribution in [3.8, 4) is 0 Å².